The molecule has 0 atom stereocenters. The van der Waals surface area contributed by atoms with E-state index in [0.29, 0.717) is 19.3 Å². The van der Waals surface area contributed by atoms with Crippen LogP contribution in [0.5, 0.6) is 5.75 Å². The van der Waals surface area contributed by atoms with Crippen LogP contribution in [0.1, 0.15) is 51.0 Å². The standard InChI is InChI=1S/C19H31N3O2/c1-2-20-19(22-15-16-9-11-17(23)12-10-16)21-13-14-24-18-7-5-3-4-6-8-18/h9-12,18,23H,2-8,13-15H2,1H3,(H2,20,21,22). The highest BCUT2D eigenvalue weighted by Crippen LogP contribution is 2.19. The van der Waals surface area contributed by atoms with Gasteiger partial charge in [-0.1, -0.05) is 37.8 Å². The minimum absolute atomic E-state index is 0.281. The molecule has 1 aliphatic carbocycles. The fourth-order valence-corrected chi connectivity index (χ4v) is 2.92. The molecular weight excluding hydrogens is 302 g/mol. The number of hydrogen-bond donors (Lipinski definition) is 3. The van der Waals surface area contributed by atoms with E-state index in [9.17, 15) is 5.11 Å². The number of benzene rings is 1. The average molecular weight is 333 g/mol. The number of ether oxygens (including phenoxy) is 1. The summed E-state index contributed by atoms with van der Waals surface area (Å²) in [5.41, 5.74) is 1.07. The van der Waals surface area contributed by atoms with Gasteiger partial charge in [-0.15, -0.1) is 0 Å². The molecule has 1 aromatic rings. The third-order valence-corrected chi connectivity index (χ3v) is 4.25. The van der Waals surface area contributed by atoms with Gasteiger partial charge in [0, 0.05) is 13.1 Å². The van der Waals surface area contributed by atoms with Gasteiger partial charge in [-0.2, -0.15) is 0 Å². The fraction of sp³-hybridized carbons (Fsp3) is 0.632. The first-order valence-electron chi connectivity index (χ1n) is 9.19. The number of nitrogens with one attached hydrogen (secondary N) is 2. The average Bonchev–Trinajstić information content (AvgIpc) is 2.86. The number of rotatable bonds is 7. The van der Waals surface area contributed by atoms with Crippen LogP contribution in [0.4, 0.5) is 0 Å². The third-order valence-electron chi connectivity index (χ3n) is 4.25. The van der Waals surface area contributed by atoms with Gasteiger partial charge in [-0.25, -0.2) is 4.99 Å². The van der Waals surface area contributed by atoms with Crippen molar-refractivity contribution in [1.29, 1.82) is 0 Å². The predicted octanol–water partition coefficient (Wildman–Crippen LogP) is 3.19. The molecule has 1 aromatic carbocycles. The molecule has 0 amide bonds. The first-order chi connectivity index (χ1) is 11.8. The number of phenols is 1. The molecule has 2 rings (SSSR count). The van der Waals surface area contributed by atoms with E-state index in [1.54, 1.807) is 12.1 Å². The summed E-state index contributed by atoms with van der Waals surface area (Å²) in [6.45, 7) is 4.94. The first-order valence-corrected chi connectivity index (χ1v) is 9.19. The highest BCUT2D eigenvalue weighted by Gasteiger charge is 2.12. The van der Waals surface area contributed by atoms with Crippen molar-refractivity contribution in [1.82, 2.24) is 10.6 Å². The van der Waals surface area contributed by atoms with E-state index in [1.165, 1.54) is 38.5 Å². The third kappa shape index (κ3) is 7.21. The molecular formula is C19H31N3O2. The Morgan fingerprint density at radius 3 is 2.50 bits per heavy atom. The van der Waals surface area contributed by atoms with Gasteiger partial charge in [-0.05, 0) is 37.5 Å². The van der Waals surface area contributed by atoms with Gasteiger partial charge >= 0.3 is 0 Å². The lowest BCUT2D eigenvalue weighted by molar-refractivity contribution is 0.0468. The van der Waals surface area contributed by atoms with Crippen molar-refractivity contribution in [3.05, 3.63) is 29.8 Å². The molecule has 3 N–H and O–H groups in total. The number of phenolic OH excluding ortho intramolecular Hbond substituents is 1. The molecule has 0 aromatic heterocycles. The highest BCUT2D eigenvalue weighted by molar-refractivity contribution is 5.79. The Morgan fingerprint density at radius 1 is 1.12 bits per heavy atom. The molecule has 0 radical (unpaired) electrons. The number of guanidine groups is 1. The van der Waals surface area contributed by atoms with E-state index >= 15 is 0 Å². The van der Waals surface area contributed by atoms with Gasteiger partial charge in [-0.3, -0.25) is 0 Å². The number of aromatic hydroxyl groups is 1. The summed E-state index contributed by atoms with van der Waals surface area (Å²) in [4.78, 5) is 4.57. The largest absolute Gasteiger partial charge is 0.508 e. The number of nitrogens with zero attached hydrogens (tertiary/aromatic N) is 1. The monoisotopic (exact) mass is 333 g/mol. The zero-order chi connectivity index (χ0) is 17.0. The molecule has 0 aliphatic heterocycles. The Bertz CT molecular complexity index is 480. The smallest absolute Gasteiger partial charge is 0.191 e. The summed E-state index contributed by atoms with van der Waals surface area (Å²) >= 11 is 0. The molecule has 0 heterocycles. The SMILES string of the molecule is CCNC(=NCc1ccc(O)cc1)NCCOC1CCCCCC1. The van der Waals surface area contributed by atoms with Crippen LogP contribution in [-0.2, 0) is 11.3 Å². The van der Waals surface area contributed by atoms with Crippen LogP contribution in [0.15, 0.2) is 29.3 Å². The molecule has 0 unspecified atom stereocenters. The second-order valence-electron chi connectivity index (χ2n) is 6.27. The van der Waals surface area contributed by atoms with Crippen LogP contribution in [0.3, 0.4) is 0 Å². The number of hydrogen-bond acceptors (Lipinski definition) is 3. The zero-order valence-electron chi connectivity index (χ0n) is 14.8. The molecule has 1 aliphatic rings. The van der Waals surface area contributed by atoms with E-state index in [-0.39, 0.29) is 5.75 Å². The van der Waals surface area contributed by atoms with E-state index in [4.69, 9.17) is 4.74 Å². The minimum atomic E-state index is 0.281. The van der Waals surface area contributed by atoms with Crippen LogP contribution in [0.25, 0.3) is 0 Å². The molecule has 1 saturated carbocycles. The molecule has 0 bridgehead atoms. The second kappa shape index (κ2) is 10.9. The Labute approximate surface area is 145 Å². The Morgan fingerprint density at radius 2 is 1.83 bits per heavy atom. The van der Waals surface area contributed by atoms with Crippen molar-refractivity contribution < 1.29 is 9.84 Å². The van der Waals surface area contributed by atoms with Gasteiger partial charge < -0.3 is 20.5 Å². The lowest BCUT2D eigenvalue weighted by atomic mass is 10.1. The topological polar surface area (TPSA) is 65.9 Å². The number of aliphatic imine (C=N–C) groups is 1. The van der Waals surface area contributed by atoms with Crippen molar-refractivity contribution in [2.45, 2.75) is 58.1 Å². The molecule has 5 heteroatoms. The Hall–Kier alpha value is -1.75. The van der Waals surface area contributed by atoms with Gasteiger partial charge in [0.15, 0.2) is 5.96 Å². The van der Waals surface area contributed by atoms with Crippen molar-refractivity contribution in [3.63, 3.8) is 0 Å². The van der Waals surface area contributed by atoms with Crippen LogP contribution >= 0.6 is 0 Å². The lowest BCUT2D eigenvalue weighted by Crippen LogP contribution is -2.39. The first kappa shape index (κ1) is 18.6. The molecule has 1 fully saturated rings. The summed E-state index contributed by atoms with van der Waals surface area (Å²) in [6, 6.07) is 7.15. The summed E-state index contributed by atoms with van der Waals surface area (Å²) in [7, 11) is 0. The van der Waals surface area contributed by atoms with E-state index < -0.39 is 0 Å². The van der Waals surface area contributed by atoms with Gasteiger partial charge in [0.2, 0.25) is 0 Å². The maximum absolute atomic E-state index is 9.31. The van der Waals surface area contributed by atoms with Crippen molar-refractivity contribution in [2.75, 3.05) is 19.7 Å². The summed E-state index contributed by atoms with van der Waals surface area (Å²) in [5.74, 6) is 1.08. The second-order valence-corrected chi connectivity index (χ2v) is 6.27. The molecule has 0 saturated heterocycles. The van der Waals surface area contributed by atoms with Crippen molar-refractivity contribution >= 4 is 5.96 Å². The van der Waals surface area contributed by atoms with Crippen LogP contribution in [0, 0.1) is 0 Å². The van der Waals surface area contributed by atoms with Crippen LogP contribution in [0.2, 0.25) is 0 Å². The lowest BCUT2D eigenvalue weighted by Gasteiger charge is -2.16. The maximum atomic E-state index is 9.31. The minimum Gasteiger partial charge on any atom is -0.508 e. The van der Waals surface area contributed by atoms with Crippen molar-refractivity contribution in [2.24, 2.45) is 4.99 Å². The highest BCUT2D eigenvalue weighted by atomic mass is 16.5. The molecule has 24 heavy (non-hydrogen) atoms. The van der Waals surface area contributed by atoms with Crippen molar-refractivity contribution in [3.8, 4) is 5.75 Å². The molecule has 5 nitrogen and oxygen atoms in total. The van der Waals surface area contributed by atoms with E-state index in [2.05, 4.69) is 22.5 Å². The Kier molecular flexibility index (Phi) is 8.46. The molecule has 134 valence electrons. The summed E-state index contributed by atoms with van der Waals surface area (Å²) in [6.07, 6.45) is 8.15. The van der Waals surface area contributed by atoms with E-state index in [0.717, 1.165) is 24.6 Å². The van der Waals surface area contributed by atoms with Gasteiger partial charge in [0.05, 0.1) is 19.3 Å². The van der Waals surface area contributed by atoms with Gasteiger partial charge in [0.25, 0.3) is 0 Å². The molecule has 0 spiro atoms. The predicted molar refractivity (Wildman–Crippen MR) is 98.4 cm³/mol. The van der Waals surface area contributed by atoms with E-state index in [1.807, 2.05) is 12.1 Å². The summed E-state index contributed by atoms with van der Waals surface area (Å²) in [5, 5.41) is 15.9. The fourth-order valence-electron chi connectivity index (χ4n) is 2.92. The zero-order valence-corrected chi connectivity index (χ0v) is 14.8. The van der Waals surface area contributed by atoms with Crippen LogP contribution < -0.4 is 10.6 Å². The van der Waals surface area contributed by atoms with Gasteiger partial charge in [0.1, 0.15) is 5.75 Å². The maximum Gasteiger partial charge on any atom is 0.191 e. The Balaban J connectivity index is 1.71. The van der Waals surface area contributed by atoms with Crippen LogP contribution in [-0.4, -0.2) is 36.9 Å². The quantitative estimate of drug-likeness (QED) is 0.310. The summed E-state index contributed by atoms with van der Waals surface area (Å²) < 4.78 is 5.99. The normalized spacial score (nSPS) is 16.6.